The quantitative estimate of drug-likeness (QED) is 0.415. The van der Waals surface area contributed by atoms with Crippen LogP contribution >= 0.6 is 0 Å². The second-order valence-corrected chi connectivity index (χ2v) is 7.34. The van der Waals surface area contributed by atoms with Gasteiger partial charge in [0.2, 0.25) is 0 Å². The van der Waals surface area contributed by atoms with Crippen LogP contribution in [0.4, 0.5) is 5.69 Å². The van der Waals surface area contributed by atoms with Crippen LogP contribution in [0.25, 0.3) is 5.76 Å². The molecule has 1 heterocycles. The molecule has 0 bridgehead atoms. The molecule has 7 nitrogen and oxygen atoms in total. The number of hydrogen-bond donors (Lipinski definition) is 2. The number of carbonyl (C=O) groups is 3. The van der Waals surface area contributed by atoms with Crippen molar-refractivity contribution in [1.29, 1.82) is 0 Å². The molecule has 3 rings (SSSR count). The molecule has 1 aliphatic heterocycles. The molecular formula is C23H24N2O5. The molecule has 1 fully saturated rings. The summed E-state index contributed by atoms with van der Waals surface area (Å²) in [5.41, 5.74) is 2.08. The summed E-state index contributed by atoms with van der Waals surface area (Å²) in [5.74, 6) is -2.72. The molecule has 0 radical (unpaired) electrons. The van der Waals surface area contributed by atoms with Gasteiger partial charge < -0.3 is 20.0 Å². The molecule has 156 valence electrons. The van der Waals surface area contributed by atoms with Gasteiger partial charge in [-0.3, -0.25) is 14.4 Å². The van der Waals surface area contributed by atoms with E-state index in [1.165, 1.54) is 4.90 Å². The van der Waals surface area contributed by atoms with E-state index in [4.69, 9.17) is 5.11 Å². The monoisotopic (exact) mass is 408 g/mol. The van der Waals surface area contributed by atoms with Crippen molar-refractivity contribution in [3.63, 3.8) is 0 Å². The maximum Gasteiger partial charge on any atom is 0.303 e. The number of carboxylic acid groups (broad SMARTS) is 1. The molecule has 0 aromatic heterocycles. The number of amides is 1. The molecule has 0 saturated carbocycles. The van der Waals surface area contributed by atoms with Crippen molar-refractivity contribution >= 4 is 29.1 Å². The van der Waals surface area contributed by atoms with E-state index in [1.54, 1.807) is 30.3 Å². The van der Waals surface area contributed by atoms with Crippen LogP contribution in [0.15, 0.2) is 60.2 Å². The summed E-state index contributed by atoms with van der Waals surface area (Å²) in [6, 6.07) is 15.2. The van der Waals surface area contributed by atoms with Gasteiger partial charge in [0.25, 0.3) is 11.7 Å². The smallest absolute Gasteiger partial charge is 0.303 e. The average Bonchev–Trinajstić information content (AvgIpc) is 2.98. The first-order valence-corrected chi connectivity index (χ1v) is 9.64. The Morgan fingerprint density at radius 2 is 1.63 bits per heavy atom. The normalized spacial score (nSPS) is 17.9. The van der Waals surface area contributed by atoms with E-state index in [2.05, 4.69) is 0 Å². The first kappa shape index (κ1) is 21.1. The minimum absolute atomic E-state index is 0.0131. The van der Waals surface area contributed by atoms with E-state index >= 15 is 0 Å². The number of ketones is 1. The van der Waals surface area contributed by atoms with Gasteiger partial charge in [-0.25, -0.2) is 0 Å². The van der Waals surface area contributed by atoms with Gasteiger partial charge in [0, 0.05) is 38.3 Å². The number of rotatable bonds is 7. The number of nitrogens with zero attached hydrogens (tertiary/aromatic N) is 2. The molecule has 1 atom stereocenters. The van der Waals surface area contributed by atoms with E-state index in [-0.39, 0.29) is 30.7 Å². The number of carbonyl (C=O) groups excluding carboxylic acids is 2. The van der Waals surface area contributed by atoms with Crippen molar-refractivity contribution < 1.29 is 24.6 Å². The third-order valence-corrected chi connectivity index (χ3v) is 5.10. The number of likely N-dealkylation sites (tertiary alicyclic amines) is 1. The third kappa shape index (κ3) is 4.20. The van der Waals surface area contributed by atoms with Crippen molar-refractivity contribution in [3.8, 4) is 0 Å². The zero-order valence-electron chi connectivity index (χ0n) is 16.9. The lowest BCUT2D eigenvalue weighted by molar-refractivity contribution is -0.140. The molecular weight excluding hydrogens is 384 g/mol. The Bertz CT molecular complexity index is 980. The zero-order valence-corrected chi connectivity index (χ0v) is 16.9. The maximum absolute atomic E-state index is 12.9. The van der Waals surface area contributed by atoms with E-state index in [0.717, 1.165) is 5.69 Å². The summed E-state index contributed by atoms with van der Waals surface area (Å²) in [5, 5.41) is 19.8. The van der Waals surface area contributed by atoms with Crippen molar-refractivity contribution in [2.45, 2.75) is 18.9 Å². The number of aliphatic hydroxyl groups excluding tert-OH is 1. The number of benzene rings is 2. The summed E-state index contributed by atoms with van der Waals surface area (Å²) in [7, 11) is 3.81. The van der Waals surface area contributed by atoms with Crippen molar-refractivity contribution in [2.75, 3.05) is 25.5 Å². The minimum Gasteiger partial charge on any atom is -0.507 e. The molecule has 2 aromatic rings. The van der Waals surface area contributed by atoms with Gasteiger partial charge in [-0.1, -0.05) is 42.5 Å². The SMILES string of the molecule is CN(C)c1ccc([C@H]2C(=C(O)c3ccccc3)C(=O)C(=O)N2CCCC(=O)O)cc1. The highest BCUT2D eigenvalue weighted by molar-refractivity contribution is 6.46. The molecule has 1 amide bonds. The number of aliphatic carboxylic acids is 1. The Labute approximate surface area is 174 Å². The molecule has 7 heteroatoms. The standard InChI is InChI=1S/C23H24N2O5/c1-24(2)17-12-10-15(11-13-17)20-19(21(28)16-7-4-3-5-8-16)22(29)23(30)25(20)14-6-9-18(26)27/h3-5,7-8,10-13,20,28H,6,9,14H2,1-2H3,(H,26,27)/t20-/m0/s1. The van der Waals surface area contributed by atoms with Gasteiger partial charge >= 0.3 is 5.97 Å². The molecule has 0 spiro atoms. The third-order valence-electron chi connectivity index (χ3n) is 5.10. The zero-order chi connectivity index (χ0) is 21.8. The van der Waals surface area contributed by atoms with Crippen LogP contribution in [0, 0.1) is 0 Å². The number of anilines is 1. The van der Waals surface area contributed by atoms with Crippen LogP contribution in [-0.2, 0) is 14.4 Å². The van der Waals surface area contributed by atoms with Gasteiger partial charge in [-0.15, -0.1) is 0 Å². The molecule has 2 N–H and O–H groups in total. The second kappa shape index (κ2) is 8.82. The van der Waals surface area contributed by atoms with Gasteiger partial charge in [0.15, 0.2) is 0 Å². The molecule has 1 aliphatic rings. The number of Topliss-reactive ketones (excluding diaryl/α,β-unsaturated/α-hetero) is 1. The van der Waals surface area contributed by atoms with Gasteiger partial charge in [0.05, 0.1) is 11.6 Å². The van der Waals surface area contributed by atoms with Crippen LogP contribution in [0.1, 0.15) is 30.0 Å². The summed E-state index contributed by atoms with van der Waals surface area (Å²) in [6.45, 7) is 0.0997. The first-order chi connectivity index (χ1) is 14.3. The fraction of sp³-hybridized carbons (Fsp3) is 0.261. The maximum atomic E-state index is 12.9. The summed E-state index contributed by atoms with van der Waals surface area (Å²) >= 11 is 0. The second-order valence-electron chi connectivity index (χ2n) is 7.34. The minimum atomic E-state index is -0.970. The van der Waals surface area contributed by atoms with E-state index in [9.17, 15) is 19.5 Å². The van der Waals surface area contributed by atoms with E-state index in [1.807, 2.05) is 43.3 Å². The number of aliphatic hydroxyl groups is 1. The van der Waals surface area contributed by atoms with Crippen LogP contribution in [-0.4, -0.2) is 53.4 Å². The Morgan fingerprint density at radius 1 is 1.00 bits per heavy atom. The molecule has 0 aliphatic carbocycles. The molecule has 1 saturated heterocycles. The Balaban J connectivity index is 2.08. The number of hydrogen-bond acceptors (Lipinski definition) is 5. The molecule has 0 unspecified atom stereocenters. The summed E-state index contributed by atoms with van der Waals surface area (Å²) in [4.78, 5) is 39.8. The van der Waals surface area contributed by atoms with E-state index in [0.29, 0.717) is 11.1 Å². The summed E-state index contributed by atoms with van der Waals surface area (Å²) < 4.78 is 0. The fourth-order valence-corrected chi connectivity index (χ4v) is 3.56. The molecule has 2 aromatic carbocycles. The Morgan fingerprint density at radius 3 is 2.20 bits per heavy atom. The lowest BCUT2D eigenvalue weighted by atomic mass is 9.95. The van der Waals surface area contributed by atoms with Crippen LogP contribution in [0.5, 0.6) is 0 Å². The van der Waals surface area contributed by atoms with Crippen molar-refractivity contribution in [1.82, 2.24) is 4.90 Å². The number of carboxylic acids is 1. The van der Waals surface area contributed by atoms with E-state index < -0.39 is 23.7 Å². The van der Waals surface area contributed by atoms with Crippen LogP contribution in [0.3, 0.4) is 0 Å². The predicted octanol–water partition coefficient (Wildman–Crippen LogP) is 3.04. The van der Waals surface area contributed by atoms with Crippen molar-refractivity contribution in [2.24, 2.45) is 0 Å². The van der Waals surface area contributed by atoms with Gasteiger partial charge in [-0.2, -0.15) is 0 Å². The first-order valence-electron chi connectivity index (χ1n) is 9.64. The average molecular weight is 408 g/mol. The van der Waals surface area contributed by atoms with Crippen molar-refractivity contribution in [3.05, 3.63) is 71.3 Å². The Hall–Kier alpha value is -3.61. The van der Waals surface area contributed by atoms with Crippen LogP contribution in [0.2, 0.25) is 0 Å². The van der Waals surface area contributed by atoms with Crippen LogP contribution < -0.4 is 4.90 Å². The highest BCUT2D eigenvalue weighted by Gasteiger charge is 2.45. The molecule has 30 heavy (non-hydrogen) atoms. The highest BCUT2D eigenvalue weighted by atomic mass is 16.4. The lowest BCUT2D eigenvalue weighted by Gasteiger charge is -2.25. The topological polar surface area (TPSA) is 98.2 Å². The fourth-order valence-electron chi connectivity index (χ4n) is 3.56. The summed E-state index contributed by atoms with van der Waals surface area (Å²) in [6.07, 6.45) is 0.0913. The van der Waals surface area contributed by atoms with Gasteiger partial charge in [-0.05, 0) is 24.1 Å². The predicted molar refractivity (Wildman–Crippen MR) is 113 cm³/mol. The largest absolute Gasteiger partial charge is 0.507 e. The Kier molecular flexibility index (Phi) is 6.20. The highest BCUT2D eigenvalue weighted by Crippen LogP contribution is 2.39. The van der Waals surface area contributed by atoms with Gasteiger partial charge in [0.1, 0.15) is 5.76 Å². The lowest BCUT2D eigenvalue weighted by Crippen LogP contribution is -2.31.